The first-order chi connectivity index (χ1) is 5.24. The van der Waals surface area contributed by atoms with Crippen molar-refractivity contribution >= 4 is 0 Å². The SMILES string of the molecule is O=[N+]([O-])C1CCO[C@H](CO)C1. The van der Waals surface area contributed by atoms with Gasteiger partial charge in [-0.3, -0.25) is 10.1 Å². The zero-order valence-electron chi connectivity index (χ0n) is 6.10. The first-order valence-electron chi connectivity index (χ1n) is 3.60. The molecule has 1 N–H and O–H groups in total. The minimum absolute atomic E-state index is 0.121. The standard InChI is InChI=1S/C6H11NO4/c8-4-6-3-5(7(9)10)1-2-11-6/h5-6,8H,1-4H2/t5?,6-/m0/s1. The third-order valence-electron chi connectivity index (χ3n) is 1.84. The van der Waals surface area contributed by atoms with Crippen molar-refractivity contribution < 1.29 is 14.8 Å². The van der Waals surface area contributed by atoms with E-state index in [1.165, 1.54) is 0 Å². The van der Waals surface area contributed by atoms with Crippen LogP contribution in [-0.4, -0.2) is 35.4 Å². The molecular formula is C6H11NO4. The summed E-state index contributed by atoms with van der Waals surface area (Å²) in [6, 6.07) is -0.527. The van der Waals surface area contributed by atoms with Crippen LogP contribution >= 0.6 is 0 Å². The van der Waals surface area contributed by atoms with Crippen molar-refractivity contribution in [1.29, 1.82) is 0 Å². The van der Waals surface area contributed by atoms with Gasteiger partial charge in [0.05, 0.1) is 19.3 Å². The average molecular weight is 161 g/mol. The number of aliphatic hydroxyl groups excluding tert-OH is 1. The van der Waals surface area contributed by atoms with Crippen LogP contribution in [0.15, 0.2) is 0 Å². The van der Waals surface area contributed by atoms with Crippen LogP contribution in [0.3, 0.4) is 0 Å². The molecule has 1 saturated heterocycles. The number of nitro groups is 1. The molecule has 0 aliphatic carbocycles. The predicted octanol–water partition coefficient (Wildman–Crippen LogP) is -0.197. The minimum atomic E-state index is -0.527. The largest absolute Gasteiger partial charge is 0.394 e. The Morgan fingerprint density at radius 3 is 3.00 bits per heavy atom. The molecule has 2 atom stereocenters. The van der Waals surface area contributed by atoms with Gasteiger partial charge in [-0.15, -0.1) is 0 Å². The summed E-state index contributed by atoms with van der Waals surface area (Å²) in [7, 11) is 0. The monoisotopic (exact) mass is 161 g/mol. The Labute approximate surface area is 64.1 Å². The molecule has 1 unspecified atom stereocenters. The van der Waals surface area contributed by atoms with E-state index in [-0.39, 0.29) is 17.6 Å². The van der Waals surface area contributed by atoms with Gasteiger partial charge in [0, 0.05) is 17.8 Å². The molecule has 5 heteroatoms. The maximum absolute atomic E-state index is 10.3. The number of nitrogens with zero attached hydrogens (tertiary/aromatic N) is 1. The molecule has 0 bridgehead atoms. The molecule has 64 valence electrons. The Balaban J connectivity index is 2.39. The lowest BCUT2D eigenvalue weighted by atomic mass is 10.0. The lowest BCUT2D eigenvalue weighted by Gasteiger charge is -2.22. The number of ether oxygens (including phenoxy) is 1. The number of aliphatic hydroxyl groups is 1. The molecule has 1 aliphatic heterocycles. The highest BCUT2D eigenvalue weighted by molar-refractivity contribution is 4.69. The van der Waals surface area contributed by atoms with Crippen molar-refractivity contribution in [3.8, 4) is 0 Å². The molecule has 0 spiro atoms. The second-order valence-corrected chi connectivity index (χ2v) is 2.64. The van der Waals surface area contributed by atoms with Crippen molar-refractivity contribution in [2.45, 2.75) is 25.0 Å². The smallest absolute Gasteiger partial charge is 0.217 e. The lowest BCUT2D eigenvalue weighted by molar-refractivity contribution is -0.531. The van der Waals surface area contributed by atoms with Gasteiger partial charge in [0.25, 0.3) is 0 Å². The Bertz CT molecular complexity index is 150. The summed E-state index contributed by atoms with van der Waals surface area (Å²) in [6.07, 6.45) is 0.464. The van der Waals surface area contributed by atoms with Gasteiger partial charge in [-0.05, 0) is 0 Å². The van der Waals surface area contributed by atoms with Crippen LogP contribution < -0.4 is 0 Å². The van der Waals surface area contributed by atoms with E-state index < -0.39 is 6.04 Å². The first kappa shape index (κ1) is 8.42. The van der Waals surface area contributed by atoms with Crippen molar-refractivity contribution in [3.05, 3.63) is 10.1 Å². The summed E-state index contributed by atoms with van der Waals surface area (Å²) in [4.78, 5) is 9.98. The van der Waals surface area contributed by atoms with E-state index in [9.17, 15) is 10.1 Å². The zero-order chi connectivity index (χ0) is 8.27. The number of hydrogen-bond acceptors (Lipinski definition) is 4. The maximum atomic E-state index is 10.3. The Kier molecular flexibility index (Phi) is 2.78. The Hall–Kier alpha value is -0.680. The molecule has 0 aromatic carbocycles. The average Bonchev–Trinajstić information content (AvgIpc) is 2.05. The van der Waals surface area contributed by atoms with Crippen LogP contribution in [0.5, 0.6) is 0 Å². The van der Waals surface area contributed by atoms with E-state index in [1.54, 1.807) is 0 Å². The third-order valence-corrected chi connectivity index (χ3v) is 1.84. The molecule has 1 aliphatic rings. The fourth-order valence-corrected chi connectivity index (χ4v) is 1.18. The molecule has 0 saturated carbocycles. The Morgan fingerprint density at radius 1 is 1.73 bits per heavy atom. The van der Waals surface area contributed by atoms with Gasteiger partial charge in [-0.2, -0.15) is 0 Å². The van der Waals surface area contributed by atoms with E-state index in [2.05, 4.69) is 0 Å². The molecular weight excluding hydrogens is 150 g/mol. The van der Waals surface area contributed by atoms with Crippen LogP contribution in [0.25, 0.3) is 0 Å². The predicted molar refractivity (Wildman–Crippen MR) is 36.8 cm³/mol. The summed E-state index contributed by atoms with van der Waals surface area (Å²) in [5, 5.41) is 18.9. The molecule has 5 nitrogen and oxygen atoms in total. The van der Waals surface area contributed by atoms with Gasteiger partial charge in [0.1, 0.15) is 0 Å². The highest BCUT2D eigenvalue weighted by Crippen LogP contribution is 2.15. The summed E-state index contributed by atoms with van der Waals surface area (Å²) in [5.41, 5.74) is 0. The van der Waals surface area contributed by atoms with E-state index >= 15 is 0 Å². The van der Waals surface area contributed by atoms with Crippen molar-refractivity contribution in [2.24, 2.45) is 0 Å². The second kappa shape index (κ2) is 3.64. The molecule has 1 fully saturated rings. The van der Waals surface area contributed by atoms with Gasteiger partial charge < -0.3 is 9.84 Å². The molecule has 11 heavy (non-hydrogen) atoms. The van der Waals surface area contributed by atoms with Crippen molar-refractivity contribution in [2.75, 3.05) is 13.2 Å². The summed E-state index contributed by atoms with van der Waals surface area (Å²) in [5.74, 6) is 0. The van der Waals surface area contributed by atoms with Gasteiger partial charge in [-0.1, -0.05) is 0 Å². The first-order valence-corrected chi connectivity index (χ1v) is 3.60. The van der Waals surface area contributed by atoms with Crippen LogP contribution in [-0.2, 0) is 4.74 Å². The maximum Gasteiger partial charge on any atom is 0.217 e. The molecule has 0 amide bonds. The van der Waals surface area contributed by atoms with E-state index in [4.69, 9.17) is 9.84 Å². The molecule has 0 radical (unpaired) electrons. The van der Waals surface area contributed by atoms with Gasteiger partial charge in [0.2, 0.25) is 6.04 Å². The topological polar surface area (TPSA) is 72.6 Å². The molecule has 0 aromatic rings. The minimum Gasteiger partial charge on any atom is -0.394 e. The summed E-state index contributed by atoms with van der Waals surface area (Å²) < 4.78 is 5.05. The van der Waals surface area contributed by atoms with Gasteiger partial charge in [-0.25, -0.2) is 0 Å². The lowest BCUT2D eigenvalue weighted by Crippen LogP contribution is -2.35. The van der Waals surface area contributed by atoms with E-state index in [1.807, 2.05) is 0 Å². The fourth-order valence-electron chi connectivity index (χ4n) is 1.18. The fraction of sp³-hybridized carbons (Fsp3) is 1.00. The quantitative estimate of drug-likeness (QED) is 0.449. The second-order valence-electron chi connectivity index (χ2n) is 2.64. The van der Waals surface area contributed by atoms with Crippen LogP contribution in [0.4, 0.5) is 0 Å². The normalized spacial score (nSPS) is 31.7. The van der Waals surface area contributed by atoms with Gasteiger partial charge >= 0.3 is 0 Å². The molecule has 0 aromatic heterocycles. The van der Waals surface area contributed by atoms with E-state index in [0.717, 1.165) is 0 Å². The van der Waals surface area contributed by atoms with Crippen molar-refractivity contribution in [3.63, 3.8) is 0 Å². The highest BCUT2D eigenvalue weighted by atomic mass is 16.6. The Morgan fingerprint density at radius 2 is 2.45 bits per heavy atom. The van der Waals surface area contributed by atoms with Crippen molar-refractivity contribution in [1.82, 2.24) is 0 Å². The number of hydrogen-bond donors (Lipinski definition) is 1. The van der Waals surface area contributed by atoms with Crippen LogP contribution in [0.1, 0.15) is 12.8 Å². The van der Waals surface area contributed by atoms with Gasteiger partial charge in [0.15, 0.2) is 0 Å². The highest BCUT2D eigenvalue weighted by Gasteiger charge is 2.29. The van der Waals surface area contributed by atoms with E-state index in [0.29, 0.717) is 19.4 Å². The molecule has 1 rings (SSSR count). The molecule has 1 heterocycles. The zero-order valence-corrected chi connectivity index (χ0v) is 6.10. The third kappa shape index (κ3) is 2.13. The summed E-state index contributed by atoms with van der Waals surface area (Å²) >= 11 is 0. The summed E-state index contributed by atoms with van der Waals surface area (Å²) in [6.45, 7) is 0.265. The number of rotatable bonds is 2. The van der Waals surface area contributed by atoms with Crippen LogP contribution in [0.2, 0.25) is 0 Å². The van der Waals surface area contributed by atoms with Crippen LogP contribution in [0, 0.1) is 10.1 Å².